The number of hydrogen-bond acceptors (Lipinski definition) is 3. The number of fused-ring (bicyclic) bond motifs is 1. The number of amides is 1. The summed E-state index contributed by atoms with van der Waals surface area (Å²) in [4.78, 5) is 24.8. The predicted molar refractivity (Wildman–Crippen MR) is 107 cm³/mol. The van der Waals surface area contributed by atoms with E-state index in [-0.39, 0.29) is 5.43 Å². The molecule has 1 aromatic heterocycles. The van der Waals surface area contributed by atoms with Crippen LogP contribution in [0.4, 0.5) is 10.1 Å². The summed E-state index contributed by atoms with van der Waals surface area (Å²) in [7, 11) is 0. The van der Waals surface area contributed by atoms with E-state index in [1.165, 1.54) is 30.3 Å². The van der Waals surface area contributed by atoms with Crippen molar-refractivity contribution in [3.63, 3.8) is 0 Å². The van der Waals surface area contributed by atoms with Gasteiger partial charge in [-0.15, -0.1) is 0 Å². The highest BCUT2D eigenvalue weighted by Gasteiger charge is 2.12. The van der Waals surface area contributed by atoms with Gasteiger partial charge in [0.05, 0.1) is 10.4 Å². The molecule has 0 bridgehead atoms. The highest BCUT2D eigenvalue weighted by Crippen LogP contribution is 2.29. The van der Waals surface area contributed by atoms with E-state index in [1.807, 2.05) is 0 Å². The van der Waals surface area contributed by atoms with Crippen molar-refractivity contribution in [2.75, 3.05) is 5.32 Å². The molecule has 0 unspecified atom stereocenters. The van der Waals surface area contributed by atoms with E-state index < -0.39 is 11.7 Å². The molecule has 0 fully saturated rings. The number of benzene rings is 3. The van der Waals surface area contributed by atoms with Gasteiger partial charge in [-0.2, -0.15) is 0 Å². The maximum Gasteiger partial charge on any atom is 0.255 e. The second-order valence-corrected chi connectivity index (χ2v) is 6.53. The zero-order chi connectivity index (χ0) is 19.7. The van der Waals surface area contributed by atoms with Crippen molar-refractivity contribution in [1.82, 2.24) is 0 Å². The Morgan fingerprint density at radius 3 is 2.46 bits per heavy atom. The molecule has 3 aromatic carbocycles. The van der Waals surface area contributed by atoms with Crippen molar-refractivity contribution >= 4 is 34.2 Å². The molecule has 1 N–H and O–H groups in total. The second kappa shape index (κ2) is 7.29. The van der Waals surface area contributed by atoms with Crippen LogP contribution in [-0.4, -0.2) is 5.91 Å². The molecule has 0 atom stereocenters. The van der Waals surface area contributed by atoms with Gasteiger partial charge in [-0.1, -0.05) is 23.7 Å². The first kappa shape index (κ1) is 17.9. The third-order valence-corrected chi connectivity index (χ3v) is 4.56. The van der Waals surface area contributed by atoms with E-state index in [4.69, 9.17) is 16.0 Å². The lowest BCUT2D eigenvalue weighted by Crippen LogP contribution is -2.12. The zero-order valence-corrected chi connectivity index (χ0v) is 15.2. The summed E-state index contributed by atoms with van der Waals surface area (Å²) in [6, 6.07) is 18.4. The average molecular weight is 394 g/mol. The van der Waals surface area contributed by atoms with E-state index in [0.717, 1.165) is 0 Å². The van der Waals surface area contributed by atoms with Gasteiger partial charge in [0.1, 0.15) is 17.2 Å². The average Bonchev–Trinajstić information content (AvgIpc) is 2.69. The van der Waals surface area contributed by atoms with Crippen LogP contribution < -0.4 is 10.7 Å². The molecule has 1 heterocycles. The minimum absolute atomic E-state index is 0.256. The molecule has 0 aliphatic rings. The van der Waals surface area contributed by atoms with Crippen molar-refractivity contribution in [1.29, 1.82) is 0 Å². The fraction of sp³-hybridized carbons (Fsp3) is 0. The first-order chi connectivity index (χ1) is 13.5. The molecule has 0 saturated carbocycles. The fourth-order valence-corrected chi connectivity index (χ4v) is 3.06. The monoisotopic (exact) mass is 393 g/mol. The predicted octanol–water partition coefficient (Wildman–Crippen LogP) is 5.50. The number of anilines is 1. The van der Waals surface area contributed by atoms with Crippen LogP contribution in [0.1, 0.15) is 10.4 Å². The van der Waals surface area contributed by atoms with Gasteiger partial charge in [0, 0.05) is 22.9 Å². The number of hydrogen-bond donors (Lipinski definition) is 1. The highest BCUT2D eigenvalue weighted by atomic mass is 35.5. The van der Waals surface area contributed by atoms with Crippen LogP contribution in [0.25, 0.3) is 22.3 Å². The molecule has 0 spiro atoms. The van der Waals surface area contributed by atoms with Gasteiger partial charge in [-0.25, -0.2) is 4.39 Å². The zero-order valence-electron chi connectivity index (χ0n) is 14.4. The molecule has 4 aromatic rings. The lowest BCUT2D eigenvalue weighted by molar-refractivity contribution is 0.102. The van der Waals surface area contributed by atoms with Crippen molar-refractivity contribution < 1.29 is 13.6 Å². The van der Waals surface area contributed by atoms with E-state index in [9.17, 15) is 14.0 Å². The number of rotatable bonds is 3. The molecule has 0 aliphatic carbocycles. The Morgan fingerprint density at radius 2 is 1.71 bits per heavy atom. The van der Waals surface area contributed by atoms with Crippen LogP contribution in [0.15, 0.2) is 82.0 Å². The van der Waals surface area contributed by atoms with Crippen molar-refractivity contribution in [2.45, 2.75) is 0 Å². The summed E-state index contributed by atoms with van der Waals surface area (Å²) in [5, 5.41) is 3.50. The summed E-state index contributed by atoms with van der Waals surface area (Å²) in [5.74, 6) is -0.461. The van der Waals surface area contributed by atoms with Crippen LogP contribution in [0.5, 0.6) is 0 Å². The quantitative estimate of drug-likeness (QED) is 0.499. The van der Waals surface area contributed by atoms with Gasteiger partial charge in [0.15, 0.2) is 5.43 Å². The van der Waals surface area contributed by atoms with Crippen molar-refractivity contribution in [3.05, 3.63) is 99.4 Å². The van der Waals surface area contributed by atoms with Gasteiger partial charge < -0.3 is 9.73 Å². The first-order valence-corrected chi connectivity index (χ1v) is 8.79. The van der Waals surface area contributed by atoms with Crippen molar-refractivity contribution in [2.24, 2.45) is 0 Å². The molecule has 6 heteroatoms. The molecular weight excluding hydrogens is 381 g/mol. The van der Waals surface area contributed by atoms with Gasteiger partial charge in [-0.05, 0) is 54.6 Å². The maximum absolute atomic E-state index is 13.0. The number of carbonyl (C=O) groups excluding carboxylic acids is 1. The largest absolute Gasteiger partial charge is 0.456 e. The first-order valence-electron chi connectivity index (χ1n) is 8.41. The molecule has 0 radical (unpaired) electrons. The Morgan fingerprint density at radius 1 is 0.964 bits per heavy atom. The Labute approximate surface area is 164 Å². The minimum Gasteiger partial charge on any atom is -0.456 e. The van der Waals surface area contributed by atoms with Crippen LogP contribution in [-0.2, 0) is 0 Å². The fourth-order valence-electron chi connectivity index (χ4n) is 2.83. The molecule has 0 aliphatic heterocycles. The van der Waals surface area contributed by atoms with Crippen molar-refractivity contribution in [3.8, 4) is 11.3 Å². The summed E-state index contributed by atoms with van der Waals surface area (Å²) >= 11 is 6.18. The van der Waals surface area contributed by atoms with Crippen LogP contribution >= 0.6 is 11.6 Å². The normalized spacial score (nSPS) is 10.8. The van der Waals surface area contributed by atoms with E-state index in [2.05, 4.69) is 5.32 Å². The SMILES string of the molecule is O=C(Nc1ccc2oc(-c3ccccc3Cl)cc(=O)c2c1)c1ccc(F)cc1. The van der Waals surface area contributed by atoms with Crippen LogP contribution in [0.2, 0.25) is 5.02 Å². The number of carbonyl (C=O) groups is 1. The maximum atomic E-state index is 13.0. The molecule has 138 valence electrons. The number of halogens is 2. The highest BCUT2D eigenvalue weighted by molar-refractivity contribution is 6.33. The van der Waals surface area contributed by atoms with Gasteiger partial charge in [-0.3, -0.25) is 9.59 Å². The molecule has 4 rings (SSSR count). The Kier molecular flexibility index (Phi) is 4.67. The van der Waals surface area contributed by atoms with E-state index >= 15 is 0 Å². The molecule has 1 amide bonds. The Bertz CT molecular complexity index is 1250. The standard InChI is InChI=1S/C22H13ClFNO3/c23-18-4-2-1-3-16(18)21-12-19(26)17-11-15(9-10-20(17)28-21)25-22(27)13-5-7-14(24)8-6-13/h1-12H,(H,25,27). The second-order valence-electron chi connectivity index (χ2n) is 6.13. The topological polar surface area (TPSA) is 59.3 Å². The summed E-state index contributed by atoms with van der Waals surface area (Å²) < 4.78 is 18.8. The third kappa shape index (κ3) is 3.52. The lowest BCUT2D eigenvalue weighted by atomic mass is 10.1. The number of nitrogens with one attached hydrogen (secondary N) is 1. The Balaban J connectivity index is 1.68. The van der Waals surface area contributed by atoms with Crippen LogP contribution in [0, 0.1) is 5.82 Å². The molecular formula is C22H13ClFNO3. The minimum atomic E-state index is -0.422. The smallest absolute Gasteiger partial charge is 0.255 e. The van der Waals surface area contributed by atoms with Gasteiger partial charge >= 0.3 is 0 Å². The van der Waals surface area contributed by atoms with E-state index in [1.54, 1.807) is 42.5 Å². The third-order valence-electron chi connectivity index (χ3n) is 4.23. The van der Waals surface area contributed by atoms with Gasteiger partial charge in [0.2, 0.25) is 0 Å². The van der Waals surface area contributed by atoms with Gasteiger partial charge in [0.25, 0.3) is 5.91 Å². The lowest BCUT2D eigenvalue weighted by Gasteiger charge is -2.08. The Hall–Kier alpha value is -3.44. The van der Waals surface area contributed by atoms with Crippen LogP contribution in [0.3, 0.4) is 0 Å². The summed E-state index contributed by atoms with van der Waals surface area (Å²) in [6.45, 7) is 0. The molecule has 28 heavy (non-hydrogen) atoms. The summed E-state index contributed by atoms with van der Waals surface area (Å²) in [6.07, 6.45) is 0. The molecule has 0 saturated heterocycles. The van der Waals surface area contributed by atoms with E-state index in [0.29, 0.717) is 38.6 Å². The molecule has 4 nitrogen and oxygen atoms in total. The summed E-state index contributed by atoms with van der Waals surface area (Å²) in [5.41, 5.74) is 1.48.